The minimum Gasteiger partial charge on any atom is -0.497 e. The van der Waals surface area contributed by atoms with E-state index >= 15 is 0 Å². The first-order chi connectivity index (χ1) is 15.3. The highest BCUT2D eigenvalue weighted by Gasteiger charge is 2.36. The number of alkyl halides is 3. The highest BCUT2D eigenvalue weighted by molar-refractivity contribution is 6.04. The van der Waals surface area contributed by atoms with Gasteiger partial charge in [0.15, 0.2) is 0 Å². The first-order valence-electron chi connectivity index (χ1n) is 10.5. The summed E-state index contributed by atoms with van der Waals surface area (Å²) >= 11 is 0. The van der Waals surface area contributed by atoms with Crippen molar-refractivity contribution in [3.8, 4) is 5.75 Å². The van der Waals surface area contributed by atoms with Crippen LogP contribution in [0.2, 0.25) is 0 Å². The van der Waals surface area contributed by atoms with E-state index < -0.39 is 23.6 Å². The highest BCUT2D eigenvalue weighted by Crippen LogP contribution is 2.37. The zero-order chi connectivity index (χ0) is 22.9. The van der Waals surface area contributed by atoms with E-state index in [2.05, 4.69) is 5.32 Å². The Balaban J connectivity index is 1.53. The molecule has 2 aromatic rings. The number of rotatable bonds is 5. The van der Waals surface area contributed by atoms with Gasteiger partial charge < -0.3 is 19.9 Å². The molecule has 1 unspecified atom stereocenters. The number of benzene rings is 2. The summed E-state index contributed by atoms with van der Waals surface area (Å²) < 4.78 is 44.9. The summed E-state index contributed by atoms with van der Waals surface area (Å²) in [6.07, 6.45) is -2.63. The van der Waals surface area contributed by atoms with Crippen molar-refractivity contribution in [2.45, 2.75) is 25.4 Å². The maximum absolute atomic E-state index is 13.3. The van der Waals surface area contributed by atoms with Crippen molar-refractivity contribution in [2.75, 3.05) is 41.9 Å². The fraction of sp³-hybridized carbons (Fsp3) is 0.391. The zero-order valence-electron chi connectivity index (χ0n) is 17.6. The lowest BCUT2D eigenvalue weighted by molar-refractivity contribution is -0.137. The molecule has 1 atom stereocenters. The van der Waals surface area contributed by atoms with Crippen LogP contribution in [0.4, 0.5) is 30.2 Å². The third-order valence-corrected chi connectivity index (χ3v) is 5.91. The van der Waals surface area contributed by atoms with Gasteiger partial charge >= 0.3 is 6.18 Å². The molecule has 2 heterocycles. The Bertz CT molecular complexity index is 1000. The lowest BCUT2D eigenvalue weighted by Crippen LogP contribution is -2.29. The Morgan fingerprint density at radius 3 is 2.41 bits per heavy atom. The molecular formula is C23H24F3N3O3. The van der Waals surface area contributed by atoms with Crippen molar-refractivity contribution < 1.29 is 27.5 Å². The van der Waals surface area contributed by atoms with Gasteiger partial charge in [-0.1, -0.05) is 0 Å². The fourth-order valence-corrected chi connectivity index (χ4v) is 4.18. The maximum Gasteiger partial charge on any atom is 0.416 e. The second-order valence-corrected chi connectivity index (χ2v) is 8.02. The lowest BCUT2D eigenvalue weighted by Gasteiger charge is -2.23. The molecule has 0 bridgehead atoms. The first kappa shape index (κ1) is 22.0. The molecule has 2 fully saturated rings. The van der Waals surface area contributed by atoms with Crippen LogP contribution in [0.25, 0.3) is 0 Å². The van der Waals surface area contributed by atoms with E-state index in [4.69, 9.17) is 4.74 Å². The molecular weight excluding hydrogens is 423 g/mol. The minimum absolute atomic E-state index is 0.00410. The molecule has 1 N–H and O–H groups in total. The van der Waals surface area contributed by atoms with Crippen LogP contribution >= 0.6 is 0 Å². The van der Waals surface area contributed by atoms with Gasteiger partial charge in [-0.2, -0.15) is 13.2 Å². The van der Waals surface area contributed by atoms with Crippen LogP contribution in [0.1, 0.15) is 24.8 Å². The van der Waals surface area contributed by atoms with Crippen molar-refractivity contribution in [1.82, 2.24) is 0 Å². The summed E-state index contributed by atoms with van der Waals surface area (Å²) in [5.74, 6) is -0.687. The molecule has 0 spiro atoms. The highest BCUT2D eigenvalue weighted by atomic mass is 19.4. The molecule has 2 aromatic carbocycles. The SMILES string of the molecule is COc1ccc(N2CC(C(=O)Nc3cc(C(F)(F)F)ccc3N3CCCC3)CC2=O)cc1. The predicted octanol–water partition coefficient (Wildman–Crippen LogP) is 4.31. The second kappa shape index (κ2) is 8.72. The Labute approximate surface area is 183 Å². The number of methoxy groups -OCH3 is 1. The van der Waals surface area contributed by atoms with E-state index in [1.807, 2.05) is 4.90 Å². The maximum atomic E-state index is 13.3. The van der Waals surface area contributed by atoms with Gasteiger partial charge in [0.25, 0.3) is 0 Å². The van der Waals surface area contributed by atoms with Crippen LogP contribution in [0.3, 0.4) is 0 Å². The average molecular weight is 447 g/mol. The molecule has 0 aromatic heterocycles. The largest absolute Gasteiger partial charge is 0.497 e. The average Bonchev–Trinajstić information content (AvgIpc) is 3.43. The number of amides is 2. The second-order valence-electron chi connectivity index (χ2n) is 8.02. The number of carbonyl (C=O) groups is 2. The number of halogens is 3. The molecule has 9 heteroatoms. The fourth-order valence-electron chi connectivity index (χ4n) is 4.18. The van der Waals surface area contributed by atoms with Gasteiger partial charge in [0, 0.05) is 31.7 Å². The van der Waals surface area contributed by atoms with Crippen molar-refractivity contribution in [1.29, 1.82) is 0 Å². The molecule has 2 aliphatic heterocycles. The standard InChI is InChI=1S/C23H24F3N3O3/c1-32-18-7-5-17(6-8-18)29-14-15(12-21(29)30)22(31)27-19-13-16(23(24,25)26)4-9-20(19)28-10-2-3-11-28/h4-9,13,15H,2-3,10-12,14H2,1H3,(H,27,31). The predicted molar refractivity (Wildman–Crippen MR) is 115 cm³/mol. The summed E-state index contributed by atoms with van der Waals surface area (Å²) in [5.41, 5.74) is 0.517. The molecule has 0 aliphatic carbocycles. The number of hydrogen-bond acceptors (Lipinski definition) is 4. The lowest BCUT2D eigenvalue weighted by atomic mass is 10.1. The van der Waals surface area contributed by atoms with E-state index in [-0.39, 0.29) is 24.6 Å². The Morgan fingerprint density at radius 2 is 1.78 bits per heavy atom. The third-order valence-electron chi connectivity index (χ3n) is 5.91. The molecule has 0 radical (unpaired) electrons. The Morgan fingerprint density at radius 1 is 1.09 bits per heavy atom. The summed E-state index contributed by atoms with van der Waals surface area (Å²) in [5, 5.41) is 2.67. The Kier molecular flexibility index (Phi) is 5.99. The van der Waals surface area contributed by atoms with Gasteiger partial charge in [0.2, 0.25) is 11.8 Å². The van der Waals surface area contributed by atoms with Crippen molar-refractivity contribution in [2.24, 2.45) is 5.92 Å². The molecule has 4 rings (SSSR count). The van der Waals surface area contributed by atoms with E-state index in [1.54, 1.807) is 31.4 Å². The molecule has 2 saturated heterocycles. The van der Waals surface area contributed by atoms with Crippen LogP contribution in [0.15, 0.2) is 42.5 Å². The van der Waals surface area contributed by atoms with Crippen molar-refractivity contribution in [3.63, 3.8) is 0 Å². The first-order valence-corrected chi connectivity index (χ1v) is 10.5. The number of nitrogens with zero attached hydrogens (tertiary/aromatic N) is 2. The van der Waals surface area contributed by atoms with Gasteiger partial charge in [-0.05, 0) is 55.3 Å². The summed E-state index contributed by atoms with van der Waals surface area (Å²) in [4.78, 5) is 29.0. The number of nitrogens with one attached hydrogen (secondary N) is 1. The van der Waals surface area contributed by atoms with Crippen LogP contribution in [-0.4, -0.2) is 38.6 Å². The molecule has 0 saturated carbocycles. The smallest absolute Gasteiger partial charge is 0.416 e. The molecule has 170 valence electrons. The summed E-state index contributed by atoms with van der Waals surface area (Å²) in [7, 11) is 1.54. The van der Waals surface area contributed by atoms with Crippen LogP contribution in [-0.2, 0) is 15.8 Å². The normalized spacial score (nSPS) is 18.9. The summed E-state index contributed by atoms with van der Waals surface area (Å²) in [6.45, 7) is 1.61. The van der Waals surface area contributed by atoms with Gasteiger partial charge in [-0.25, -0.2) is 0 Å². The van der Waals surface area contributed by atoms with Crippen LogP contribution < -0.4 is 19.9 Å². The van der Waals surface area contributed by atoms with Gasteiger partial charge in [0.05, 0.1) is 30.0 Å². The number of hydrogen-bond donors (Lipinski definition) is 1. The third kappa shape index (κ3) is 4.51. The van der Waals surface area contributed by atoms with E-state index in [9.17, 15) is 22.8 Å². The van der Waals surface area contributed by atoms with Gasteiger partial charge in [-0.15, -0.1) is 0 Å². The zero-order valence-corrected chi connectivity index (χ0v) is 17.6. The van der Waals surface area contributed by atoms with Crippen LogP contribution in [0, 0.1) is 5.92 Å². The Hall–Kier alpha value is -3.23. The molecule has 6 nitrogen and oxygen atoms in total. The molecule has 2 amide bonds. The minimum atomic E-state index is -4.52. The van der Waals surface area contributed by atoms with E-state index in [0.29, 0.717) is 17.1 Å². The monoisotopic (exact) mass is 447 g/mol. The number of ether oxygens (including phenoxy) is 1. The van der Waals surface area contributed by atoms with Gasteiger partial charge in [-0.3, -0.25) is 9.59 Å². The van der Waals surface area contributed by atoms with E-state index in [1.165, 1.54) is 11.0 Å². The number of anilines is 3. The van der Waals surface area contributed by atoms with E-state index in [0.717, 1.165) is 38.1 Å². The number of carbonyl (C=O) groups excluding carboxylic acids is 2. The summed E-state index contributed by atoms with van der Waals surface area (Å²) in [6, 6.07) is 10.3. The van der Waals surface area contributed by atoms with Crippen molar-refractivity contribution in [3.05, 3.63) is 48.0 Å². The van der Waals surface area contributed by atoms with Gasteiger partial charge in [0.1, 0.15) is 5.75 Å². The topological polar surface area (TPSA) is 61.9 Å². The van der Waals surface area contributed by atoms with Crippen molar-refractivity contribution >= 4 is 28.9 Å². The molecule has 32 heavy (non-hydrogen) atoms. The van der Waals surface area contributed by atoms with Crippen LogP contribution in [0.5, 0.6) is 5.75 Å². The quantitative estimate of drug-likeness (QED) is 0.742. The molecule has 2 aliphatic rings.